The molecule has 0 radical (unpaired) electrons. The molecule has 1 saturated carbocycles. The molecular weight excluding hydrogens is 380 g/mol. The summed E-state index contributed by atoms with van der Waals surface area (Å²) in [6, 6.07) is 9.45. The highest BCUT2D eigenvalue weighted by Gasteiger charge is 2.27. The summed E-state index contributed by atoms with van der Waals surface area (Å²) in [5, 5.41) is 11.0. The number of carbonyl (C=O) groups is 1. The van der Waals surface area contributed by atoms with Crippen LogP contribution < -0.4 is 5.32 Å². The molecule has 1 fully saturated rings. The summed E-state index contributed by atoms with van der Waals surface area (Å²) in [6.45, 7) is 2.05. The average Bonchev–Trinajstić information content (AvgIpc) is 3.30. The van der Waals surface area contributed by atoms with E-state index in [0.717, 1.165) is 30.6 Å². The minimum absolute atomic E-state index is 0.299. The minimum atomic E-state index is -0.332. The SMILES string of the molecule is CCc1cn(-c2ccnc(C(=O)Nc3cccc(-c4nncn4C4CC4)n3)c2)cn1. The quantitative estimate of drug-likeness (QED) is 0.533. The molecule has 1 N–H and O–H groups in total. The van der Waals surface area contributed by atoms with Crippen LogP contribution in [0.2, 0.25) is 0 Å². The van der Waals surface area contributed by atoms with E-state index in [9.17, 15) is 4.79 Å². The Balaban J connectivity index is 1.37. The topological polar surface area (TPSA) is 103 Å². The van der Waals surface area contributed by atoms with Crippen LogP contribution in [-0.4, -0.2) is 40.2 Å². The lowest BCUT2D eigenvalue weighted by Gasteiger charge is -2.08. The van der Waals surface area contributed by atoms with Crippen LogP contribution >= 0.6 is 0 Å². The number of aromatic nitrogens is 7. The number of imidazole rings is 1. The number of hydrogen-bond donors (Lipinski definition) is 1. The second kappa shape index (κ2) is 7.51. The van der Waals surface area contributed by atoms with Gasteiger partial charge in [0.05, 0.1) is 17.7 Å². The van der Waals surface area contributed by atoms with E-state index in [1.54, 1.807) is 31.0 Å². The van der Waals surface area contributed by atoms with Gasteiger partial charge in [-0.3, -0.25) is 9.78 Å². The monoisotopic (exact) mass is 400 g/mol. The van der Waals surface area contributed by atoms with Gasteiger partial charge in [0.25, 0.3) is 5.91 Å². The van der Waals surface area contributed by atoms with Crippen LogP contribution in [0.3, 0.4) is 0 Å². The van der Waals surface area contributed by atoms with Crippen molar-refractivity contribution in [2.45, 2.75) is 32.2 Å². The van der Waals surface area contributed by atoms with E-state index < -0.39 is 0 Å². The predicted octanol–water partition coefficient (Wildman–Crippen LogP) is 3.07. The minimum Gasteiger partial charge on any atom is -0.309 e. The molecule has 9 nitrogen and oxygen atoms in total. The lowest BCUT2D eigenvalue weighted by Crippen LogP contribution is -2.15. The third-order valence-corrected chi connectivity index (χ3v) is 5.01. The van der Waals surface area contributed by atoms with Gasteiger partial charge in [0.2, 0.25) is 0 Å². The van der Waals surface area contributed by atoms with Crippen LogP contribution in [0, 0.1) is 0 Å². The van der Waals surface area contributed by atoms with E-state index >= 15 is 0 Å². The van der Waals surface area contributed by atoms with Crippen molar-refractivity contribution in [2.75, 3.05) is 5.32 Å². The maximum absolute atomic E-state index is 12.8. The fraction of sp³-hybridized carbons (Fsp3) is 0.238. The van der Waals surface area contributed by atoms with Crippen molar-refractivity contribution in [1.29, 1.82) is 0 Å². The van der Waals surface area contributed by atoms with E-state index in [2.05, 4.69) is 30.5 Å². The van der Waals surface area contributed by atoms with E-state index in [1.165, 1.54) is 0 Å². The highest BCUT2D eigenvalue weighted by atomic mass is 16.1. The highest BCUT2D eigenvalue weighted by molar-refractivity contribution is 6.02. The summed E-state index contributed by atoms with van der Waals surface area (Å²) in [5.41, 5.74) is 2.77. The van der Waals surface area contributed by atoms with Crippen molar-refractivity contribution >= 4 is 11.7 Å². The molecule has 1 amide bonds. The summed E-state index contributed by atoms with van der Waals surface area (Å²) < 4.78 is 3.91. The van der Waals surface area contributed by atoms with Crippen LogP contribution in [-0.2, 0) is 6.42 Å². The first kappa shape index (κ1) is 18.2. The van der Waals surface area contributed by atoms with Gasteiger partial charge in [-0.15, -0.1) is 10.2 Å². The molecule has 1 aliphatic rings. The van der Waals surface area contributed by atoms with Gasteiger partial charge in [-0.1, -0.05) is 13.0 Å². The first-order valence-electron chi connectivity index (χ1n) is 9.89. The maximum Gasteiger partial charge on any atom is 0.275 e. The molecule has 0 aromatic carbocycles. The van der Waals surface area contributed by atoms with Crippen LogP contribution in [0.25, 0.3) is 17.2 Å². The number of anilines is 1. The Labute approximate surface area is 172 Å². The molecule has 150 valence electrons. The number of nitrogens with one attached hydrogen (secondary N) is 1. The fourth-order valence-electron chi connectivity index (χ4n) is 3.25. The summed E-state index contributed by atoms with van der Waals surface area (Å²) in [5.74, 6) is 0.812. The second-order valence-corrected chi connectivity index (χ2v) is 7.18. The summed E-state index contributed by atoms with van der Waals surface area (Å²) in [4.78, 5) is 25.9. The van der Waals surface area contributed by atoms with Gasteiger partial charge >= 0.3 is 0 Å². The highest BCUT2D eigenvalue weighted by Crippen LogP contribution is 2.37. The number of pyridine rings is 2. The van der Waals surface area contributed by atoms with Gasteiger partial charge in [0.1, 0.15) is 23.5 Å². The first-order chi connectivity index (χ1) is 14.7. The molecule has 4 aromatic heterocycles. The third-order valence-electron chi connectivity index (χ3n) is 5.01. The summed E-state index contributed by atoms with van der Waals surface area (Å²) >= 11 is 0. The molecule has 4 aromatic rings. The lowest BCUT2D eigenvalue weighted by atomic mass is 10.3. The Morgan fingerprint density at radius 1 is 1.20 bits per heavy atom. The fourth-order valence-corrected chi connectivity index (χ4v) is 3.25. The molecule has 0 saturated heterocycles. The zero-order chi connectivity index (χ0) is 20.5. The molecule has 0 aliphatic heterocycles. The summed E-state index contributed by atoms with van der Waals surface area (Å²) in [6.07, 6.45) is 10.1. The van der Waals surface area contributed by atoms with Crippen molar-refractivity contribution in [2.24, 2.45) is 0 Å². The molecule has 5 rings (SSSR count). The van der Waals surface area contributed by atoms with E-state index in [4.69, 9.17) is 0 Å². The van der Waals surface area contributed by atoms with Crippen molar-refractivity contribution in [1.82, 2.24) is 34.3 Å². The Morgan fingerprint density at radius 3 is 2.90 bits per heavy atom. The molecule has 0 atom stereocenters. The van der Waals surface area contributed by atoms with Gasteiger partial charge in [-0.05, 0) is 43.5 Å². The number of amides is 1. The Kier molecular flexibility index (Phi) is 4.55. The number of rotatable bonds is 6. The Hall–Kier alpha value is -3.88. The molecular formula is C21H20N8O. The predicted molar refractivity (Wildman–Crippen MR) is 110 cm³/mol. The number of hydrogen-bond acceptors (Lipinski definition) is 6. The Morgan fingerprint density at radius 2 is 2.10 bits per heavy atom. The van der Waals surface area contributed by atoms with Gasteiger partial charge in [-0.25, -0.2) is 9.97 Å². The van der Waals surface area contributed by atoms with E-state index in [0.29, 0.717) is 29.1 Å². The molecule has 30 heavy (non-hydrogen) atoms. The average molecular weight is 400 g/mol. The maximum atomic E-state index is 12.8. The van der Waals surface area contributed by atoms with Gasteiger partial charge < -0.3 is 14.5 Å². The van der Waals surface area contributed by atoms with Crippen LogP contribution in [0.1, 0.15) is 42.0 Å². The third kappa shape index (κ3) is 3.57. The number of carbonyl (C=O) groups excluding carboxylic acids is 1. The molecule has 0 unspecified atom stereocenters. The number of aryl methyl sites for hydroxylation is 1. The van der Waals surface area contributed by atoms with E-state index in [1.807, 2.05) is 40.5 Å². The van der Waals surface area contributed by atoms with Crippen molar-refractivity contribution < 1.29 is 4.79 Å². The smallest absolute Gasteiger partial charge is 0.275 e. The molecule has 0 bridgehead atoms. The number of nitrogens with zero attached hydrogens (tertiary/aromatic N) is 7. The second-order valence-electron chi connectivity index (χ2n) is 7.18. The largest absolute Gasteiger partial charge is 0.309 e. The van der Waals surface area contributed by atoms with E-state index in [-0.39, 0.29) is 5.91 Å². The van der Waals surface area contributed by atoms with Gasteiger partial charge in [0.15, 0.2) is 5.82 Å². The Bertz CT molecular complexity index is 1210. The van der Waals surface area contributed by atoms with Crippen LogP contribution in [0.5, 0.6) is 0 Å². The van der Waals surface area contributed by atoms with Crippen LogP contribution in [0.4, 0.5) is 5.82 Å². The lowest BCUT2D eigenvalue weighted by molar-refractivity contribution is 0.102. The van der Waals surface area contributed by atoms with Gasteiger partial charge in [-0.2, -0.15) is 0 Å². The van der Waals surface area contributed by atoms with Crippen molar-refractivity contribution in [3.8, 4) is 17.2 Å². The van der Waals surface area contributed by atoms with Crippen LogP contribution in [0.15, 0.2) is 55.4 Å². The van der Waals surface area contributed by atoms with Crippen molar-refractivity contribution in [3.63, 3.8) is 0 Å². The zero-order valence-electron chi connectivity index (χ0n) is 16.4. The standard InChI is InChI=1S/C21H20N8O/c1-2-14-11-28(12-23-14)16-8-9-22-18(10-16)21(30)26-19-5-3-4-17(25-19)20-27-24-13-29(20)15-6-7-15/h3-5,8-13,15H,2,6-7H2,1H3,(H,25,26,30). The molecule has 4 heterocycles. The van der Waals surface area contributed by atoms with Gasteiger partial charge in [0, 0.05) is 18.4 Å². The molecule has 9 heteroatoms. The zero-order valence-corrected chi connectivity index (χ0v) is 16.4. The molecule has 1 aliphatic carbocycles. The molecule has 0 spiro atoms. The normalized spacial score (nSPS) is 13.4. The van der Waals surface area contributed by atoms with Crippen molar-refractivity contribution in [3.05, 3.63) is 66.8 Å². The summed E-state index contributed by atoms with van der Waals surface area (Å²) in [7, 11) is 0. The first-order valence-corrected chi connectivity index (χ1v) is 9.89.